The van der Waals surface area contributed by atoms with Crippen molar-refractivity contribution in [3.63, 3.8) is 0 Å². The van der Waals surface area contributed by atoms with E-state index in [2.05, 4.69) is 6.58 Å². The number of aliphatic hydroxyl groups excluding tert-OH is 1. The Balaban J connectivity index is 1.66. The Bertz CT molecular complexity index is 1330. The summed E-state index contributed by atoms with van der Waals surface area (Å²) in [5.41, 5.74) is 3.67. The molecule has 1 N–H and O–H groups in total. The van der Waals surface area contributed by atoms with Crippen molar-refractivity contribution in [3.05, 3.63) is 77.9 Å². The van der Waals surface area contributed by atoms with E-state index in [4.69, 9.17) is 4.74 Å². The van der Waals surface area contributed by atoms with Crippen molar-refractivity contribution >= 4 is 35.2 Å². The number of anilines is 1. The number of ether oxygens (including phenoxy) is 1. The first-order chi connectivity index (χ1) is 19.6. The number of carbonyl (C=O) groups excluding carboxylic acids is 3. The van der Waals surface area contributed by atoms with Gasteiger partial charge in [-0.05, 0) is 63.6 Å². The second-order valence-corrected chi connectivity index (χ2v) is 13.6. The van der Waals surface area contributed by atoms with Gasteiger partial charge in [0.25, 0.3) is 5.91 Å². The van der Waals surface area contributed by atoms with Gasteiger partial charge in [-0.25, -0.2) is 0 Å². The zero-order valence-electron chi connectivity index (χ0n) is 24.3. The molecule has 2 amide bonds. The largest absolute Gasteiger partial charge is 0.466 e. The summed E-state index contributed by atoms with van der Waals surface area (Å²) in [6.45, 7) is 11.9. The summed E-state index contributed by atoms with van der Waals surface area (Å²) in [6, 6.07) is 14.1. The molecule has 0 radical (unpaired) electrons. The molecule has 7 nitrogen and oxygen atoms in total. The number of likely N-dealkylation sites (tertiary alicyclic amines) is 1. The van der Waals surface area contributed by atoms with Crippen molar-refractivity contribution in [2.75, 3.05) is 24.7 Å². The number of hydrogen-bond acceptors (Lipinski definition) is 6. The lowest BCUT2D eigenvalue weighted by Crippen LogP contribution is -2.58. The number of para-hydroxylation sites is 1. The Morgan fingerprint density at radius 3 is 2.46 bits per heavy atom. The fraction of sp³-hybridized carbons (Fsp3) is 0.485. The van der Waals surface area contributed by atoms with Gasteiger partial charge in [-0.1, -0.05) is 54.6 Å². The van der Waals surface area contributed by atoms with Gasteiger partial charge in [0.1, 0.15) is 6.04 Å². The maximum absolute atomic E-state index is 15.0. The average molecular weight is 577 g/mol. The maximum atomic E-state index is 15.0. The van der Waals surface area contributed by atoms with Gasteiger partial charge in [-0.2, -0.15) is 0 Å². The first kappa shape index (κ1) is 29.4. The second kappa shape index (κ2) is 11.3. The van der Waals surface area contributed by atoms with Crippen LogP contribution in [-0.2, 0) is 25.5 Å². The molecule has 3 heterocycles. The first-order valence-electron chi connectivity index (χ1n) is 14.5. The lowest BCUT2D eigenvalue weighted by molar-refractivity contribution is -0.155. The van der Waals surface area contributed by atoms with Crippen LogP contribution in [0.3, 0.4) is 0 Å². The summed E-state index contributed by atoms with van der Waals surface area (Å²) >= 11 is 1.61. The molecule has 0 aliphatic carbocycles. The van der Waals surface area contributed by atoms with Crippen LogP contribution in [-0.4, -0.2) is 69.1 Å². The zero-order valence-corrected chi connectivity index (χ0v) is 25.2. The van der Waals surface area contributed by atoms with Crippen LogP contribution in [0.1, 0.15) is 43.4 Å². The molecule has 0 saturated carbocycles. The third-order valence-corrected chi connectivity index (χ3v) is 11.2. The summed E-state index contributed by atoms with van der Waals surface area (Å²) in [4.78, 5) is 46.4. The van der Waals surface area contributed by atoms with Crippen LogP contribution in [0.2, 0.25) is 0 Å². The molecule has 2 bridgehead atoms. The predicted octanol–water partition coefficient (Wildman–Crippen LogP) is 4.47. The van der Waals surface area contributed by atoms with Gasteiger partial charge >= 0.3 is 5.97 Å². The Labute approximate surface area is 246 Å². The highest BCUT2D eigenvalue weighted by Gasteiger charge is 2.78. The first-order valence-corrected chi connectivity index (χ1v) is 15.3. The third-order valence-electron chi connectivity index (χ3n) is 9.19. The topological polar surface area (TPSA) is 87.2 Å². The number of rotatable bonds is 10. The van der Waals surface area contributed by atoms with E-state index in [0.29, 0.717) is 19.3 Å². The fourth-order valence-electron chi connectivity index (χ4n) is 7.56. The fourth-order valence-corrected chi connectivity index (χ4v) is 9.89. The quantitative estimate of drug-likeness (QED) is 0.332. The van der Waals surface area contributed by atoms with Crippen LogP contribution in [0.15, 0.2) is 61.2 Å². The molecule has 3 fully saturated rings. The van der Waals surface area contributed by atoms with Crippen molar-refractivity contribution in [1.82, 2.24) is 4.90 Å². The predicted molar refractivity (Wildman–Crippen MR) is 162 cm³/mol. The molecular formula is C33H40N2O5S. The molecule has 41 heavy (non-hydrogen) atoms. The van der Waals surface area contributed by atoms with Crippen molar-refractivity contribution in [2.45, 2.75) is 68.5 Å². The number of aryl methyl sites for hydroxylation is 2. The summed E-state index contributed by atoms with van der Waals surface area (Å²) in [6.07, 6.45) is 3.43. The number of nitrogens with zero attached hydrogens (tertiary/aromatic N) is 2. The lowest BCUT2D eigenvalue weighted by Gasteiger charge is -2.40. The minimum atomic E-state index is -0.855. The van der Waals surface area contributed by atoms with Crippen molar-refractivity contribution < 1.29 is 24.2 Å². The van der Waals surface area contributed by atoms with E-state index in [9.17, 15) is 19.5 Å². The Kier molecular flexibility index (Phi) is 8.09. The van der Waals surface area contributed by atoms with E-state index in [1.54, 1.807) is 34.6 Å². The number of amides is 2. The number of hydrogen-bond donors (Lipinski definition) is 1. The molecular weight excluding hydrogens is 536 g/mol. The van der Waals surface area contributed by atoms with Crippen molar-refractivity contribution in [2.24, 2.45) is 11.8 Å². The average Bonchev–Trinajstić information content (AvgIpc) is 3.52. The minimum Gasteiger partial charge on any atom is -0.466 e. The molecule has 2 unspecified atom stereocenters. The summed E-state index contributed by atoms with van der Waals surface area (Å²) < 4.78 is 4.20. The standard InChI is InChI=1S/C33H40N2O5S/c1-6-18-34(27-21(3)12-11-13-22(27)4)30(38)28-33-17-16-32(5,41-33)26(31(39)40-7-2)25(33)29(37)35(28)24(20-36)19-23-14-9-8-10-15-23/h6,8-15,24-26,28,36H,1,7,16-20H2,2-5H3/t24-,25+,26-,28?,32+,33?/m1/s1. The molecule has 218 valence electrons. The van der Waals surface area contributed by atoms with Crippen LogP contribution in [0.4, 0.5) is 5.69 Å². The normalized spacial score (nSPS) is 28.9. The summed E-state index contributed by atoms with van der Waals surface area (Å²) in [7, 11) is 0. The molecule has 2 aromatic rings. The maximum Gasteiger partial charge on any atom is 0.311 e. The SMILES string of the molecule is C=CCN(C(=O)C1N([C@@H](CO)Cc2ccccc2)C(=O)[C@@H]2[C@H](C(=O)OCC)[C@]3(C)CCC12S3)c1c(C)cccc1C. The van der Waals surface area contributed by atoms with E-state index in [1.165, 1.54) is 0 Å². The molecule has 0 aromatic heterocycles. The van der Waals surface area contributed by atoms with Gasteiger partial charge in [-0.15, -0.1) is 18.3 Å². The van der Waals surface area contributed by atoms with Crippen LogP contribution < -0.4 is 4.90 Å². The lowest BCUT2D eigenvalue weighted by atomic mass is 9.66. The third kappa shape index (κ3) is 4.69. The number of esters is 1. The molecule has 3 saturated heterocycles. The van der Waals surface area contributed by atoms with Crippen LogP contribution >= 0.6 is 11.8 Å². The molecule has 3 aliphatic heterocycles. The van der Waals surface area contributed by atoms with Gasteiger partial charge in [0.05, 0.1) is 35.8 Å². The number of carbonyl (C=O) groups is 3. The molecule has 1 spiro atoms. The van der Waals surface area contributed by atoms with E-state index >= 15 is 0 Å². The van der Waals surface area contributed by atoms with Crippen LogP contribution in [0.25, 0.3) is 0 Å². The molecule has 5 rings (SSSR count). The van der Waals surface area contributed by atoms with Crippen molar-refractivity contribution in [1.29, 1.82) is 0 Å². The van der Waals surface area contributed by atoms with Gasteiger partial charge in [0.2, 0.25) is 5.91 Å². The van der Waals surface area contributed by atoms with Gasteiger partial charge in [0.15, 0.2) is 0 Å². The number of fused-ring (bicyclic) bond motifs is 1. The Morgan fingerprint density at radius 1 is 1.17 bits per heavy atom. The van der Waals surface area contributed by atoms with E-state index in [1.807, 2.05) is 69.3 Å². The van der Waals surface area contributed by atoms with E-state index in [0.717, 1.165) is 22.4 Å². The Hall–Kier alpha value is -3.10. The smallest absolute Gasteiger partial charge is 0.311 e. The monoisotopic (exact) mass is 576 g/mol. The molecule has 6 atom stereocenters. The van der Waals surface area contributed by atoms with Crippen LogP contribution in [0, 0.1) is 25.7 Å². The number of thioether (sulfide) groups is 1. The summed E-state index contributed by atoms with van der Waals surface area (Å²) in [5.74, 6) is -2.18. The summed E-state index contributed by atoms with van der Waals surface area (Å²) in [5, 5.41) is 10.7. The Morgan fingerprint density at radius 2 is 1.85 bits per heavy atom. The molecule has 8 heteroatoms. The molecule has 3 aliphatic rings. The van der Waals surface area contributed by atoms with E-state index < -0.39 is 33.4 Å². The van der Waals surface area contributed by atoms with Gasteiger partial charge in [0, 0.05) is 17.0 Å². The highest BCUT2D eigenvalue weighted by atomic mass is 32.2. The second-order valence-electron chi connectivity index (χ2n) is 11.7. The zero-order chi connectivity index (χ0) is 29.5. The van der Waals surface area contributed by atoms with Crippen molar-refractivity contribution in [3.8, 4) is 0 Å². The van der Waals surface area contributed by atoms with Crippen LogP contribution in [0.5, 0.6) is 0 Å². The number of benzene rings is 2. The van der Waals surface area contributed by atoms with Gasteiger partial charge < -0.3 is 19.6 Å². The van der Waals surface area contributed by atoms with E-state index in [-0.39, 0.29) is 37.5 Å². The highest BCUT2D eigenvalue weighted by molar-refractivity contribution is 8.02. The van der Waals surface area contributed by atoms with Gasteiger partial charge in [-0.3, -0.25) is 14.4 Å². The molecule has 2 aromatic carbocycles. The highest BCUT2D eigenvalue weighted by Crippen LogP contribution is 2.72. The minimum absolute atomic E-state index is 0.203. The number of aliphatic hydroxyl groups is 1.